The van der Waals surface area contributed by atoms with Gasteiger partial charge in [-0.1, -0.05) is 0 Å². The number of rotatable bonds is 7. The molecular weight excluding hydrogens is 160 g/mol. The van der Waals surface area contributed by atoms with Gasteiger partial charge >= 0.3 is 5.97 Å². The van der Waals surface area contributed by atoms with Crippen LogP contribution < -0.4 is 0 Å². The topological polar surface area (TPSA) is 36.9 Å². The van der Waals surface area contributed by atoms with Crippen LogP contribution in [0.1, 0.15) is 13.8 Å². The summed E-state index contributed by atoms with van der Waals surface area (Å²) >= 11 is 0. The third kappa shape index (κ3) is 3.49. The maximum atomic E-state index is 5.29. The summed E-state index contributed by atoms with van der Waals surface area (Å²) in [5.41, 5.74) is 0. The second-order valence-electron chi connectivity index (χ2n) is 2.19. The lowest BCUT2D eigenvalue weighted by Crippen LogP contribution is -2.42. The first-order valence-corrected chi connectivity index (χ1v) is 4.06. The summed E-state index contributed by atoms with van der Waals surface area (Å²) in [6, 6.07) is 0. The predicted molar refractivity (Wildman–Crippen MR) is 44.9 cm³/mol. The maximum absolute atomic E-state index is 5.29. The van der Waals surface area contributed by atoms with Gasteiger partial charge in [0, 0.05) is 27.4 Å². The molecule has 0 aromatic heterocycles. The molecule has 0 saturated carbocycles. The monoisotopic (exact) mass is 178 g/mol. The Balaban J connectivity index is 4.06. The van der Waals surface area contributed by atoms with Gasteiger partial charge < -0.3 is 18.9 Å². The minimum atomic E-state index is -1.03. The van der Waals surface area contributed by atoms with Crippen molar-refractivity contribution in [2.75, 3.05) is 34.0 Å². The fraction of sp³-hybridized carbons (Fsp3) is 1.00. The van der Waals surface area contributed by atoms with Gasteiger partial charge in [0.05, 0.1) is 0 Å². The Morgan fingerprint density at radius 3 is 1.75 bits per heavy atom. The predicted octanol–water partition coefficient (Wildman–Crippen LogP) is 1.01. The van der Waals surface area contributed by atoms with E-state index < -0.39 is 5.97 Å². The van der Waals surface area contributed by atoms with Crippen molar-refractivity contribution in [3.05, 3.63) is 0 Å². The Morgan fingerprint density at radius 1 is 1.00 bits per heavy atom. The van der Waals surface area contributed by atoms with Gasteiger partial charge in [-0.05, 0) is 13.8 Å². The zero-order chi connectivity index (χ0) is 9.45. The van der Waals surface area contributed by atoms with Crippen LogP contribution in [0.2, 0.25) is 0 Å². The quantitative estimate of drug-likeness (QED) is 0.545. The normalized spacial score (nSPS) is 12.0. The molecule has 0 radical (unpaired) electrons. The first-order chi connectivity index (χ1) is 5.74. The Hall–Kier alpha value is -0.160. The molecule has 0 aromatic carbocycles. The molecule has 0 unspecified atom stereocenters. The molecule has 0 fully saturated rings. The van der Waals surface area contributed by atoms with Crippen molar-refractivity contribution in [1.82, 2.24) is 0 Å². The third-order valence-electron chi connectivity index (χ3n) is 1.36. The lowest BCUT2D eigenvalue weighted by Gasteiger charge is -2.30. The van der Waals surface area contributed by atoms with E-state index >= 15 is 0 Å². The largest absolute Gasteiger partial charge is 0.376 e. The van der Waals surface area contributed by atoms with Crippen molar-refractivity contribution < 1.29 is 18.9 Å². The summed E-state index contributed by atoms with van der Waals surface area (Å²) in [6.07, 6.45) is 0. The van der Waals surface area contributed by atoms with E-state index in [0.717, 1.165) is 0 Å². The Morgan fingerprint density at radius 2 is 1.50 bits per heavy atom. The number of ether oxygens (including phenoxy) is 4. The van der Waals surface area contributed by atoms with Crippen LogP contribution in [0, 0.1) is 0 Å². The van der Waals surface area contributed by atoms with Crippen LogP contribution in [0.25, 0.3) is 0 Å². The summed E-state index contributed by atoms with van der Waals surface area (Å²) in [5, 5.41) is 0. The summed E-state index contributed by atoms with van der Waals surface area (Å²) in [4.78, 5) is 0. The zero-order valence-electron chi connectivity index (χ0n) is 8.25. The summed E-state index contributed by atoms with van der Waals surface area (Å²) in [7, 11) is 3.11. The molecule has 4 nitrogen and oxygen atoms in total. The van der Waals surface area contributed by atoms with E-state index in [9.17, 15) is 0 Å². The second kappa shape index (κ2) is 6.37. The lowest BCUT2D eigenvalue weighted by atomic mass is 10.5. The first-order valence-electron chi connectivity index (χ1n) is 4.06. The van der Waals surface area contributed by atoms with Gasteiger partial charge in [-0.2, -0.15) is 0 Å². The molecule has 0 aliphatic carbocycles. The standard InChI is InChI=1S/C8H18O4/c1-5-11-8(10-4,7-9-3)12-6-2/h5-7H2,1-4H3. The van der Waals surface area contributed by atoms with Crippen LogP contribution in [-0.4, -0.2) is 40.0 Å². The van der Waals surface area contributed by atoms with E-state index in [2.05, 4.69) is 0 Å². The summed E-state index contributed by atoms with van der Waals surface area (Å²) < 4.78 is 20.6. The zero-order valence-corrected chi connectivity index (χ0v) is 8.25. The van der Waals surface area contributed by atoms with Crippen LogP contribution in [0.15, 0.2) is 0 Å². The number of hydrogen-bond acceptors (Lipinski definition) is 4. The number of methoxy groups -OCH3 is 2. The second-order valence-corrected chi connectivity index (χ2v) is 2.19. The SMILES string of the molecule is CCOC(COC)(OC)OCC. The van der Waals surface area contributed by atoms with Gasteiger partial charge in [0.2, 0.25) is 0 Å². The summed E-state index contributed by atoms with van der Waals surface area (Å²) in [5.74, 6) is -1.03. The number of hydrogen-bond donors (Lipinski definition) is 0. The van der Waals surface area contributed by atoms with E-state index in [1.165, 1.54) is 7.11 Å². The van der Waals surface area contributed by atoms with Crippen molar-refractivity contribution in [1.29, 1.82) is 0 Å². The highest BCUT2D eigenvalue weighted by Crippen LogP contribution is 2.14. The van der Waals surface area contributed by atoms with Crippen molar-refractivity contribution in [2.45, 2.75) is 19.8 Å². The van der Waals surface area contributed by atoms with E-state index in [-0.39, 0.29) is 6.61 Å². The molecule has 0 aromatic rings. The van der Waals surface area contributed by atoms with Crippen LogP contribution in [0.4, 0.5) is 0 Å². The fourth-order valence-electron chi connectivity index (χ4n) is 0.918. The minimum Gasteiger partial charge on any atom is -0.376 e. The average molecular weight is 178 g/mol. The molecule has 0 saturated heterocycles. The molecule has 0 aliphatic rings. The molecule has 0 N–H and O–H groups in total. The minimum absolute atomic E-state index is 0.269. The van der Waals surface area contributed by atoms with Crippen LogP contribution in [0.5, 0.6) is 0 Å². The molecule has 0 rings (SSSR count). The van der Waals surface area contributed by atoms with Gasteiger partial charge in [0.25, 0.3) is 0 Å². The van der Waals surface area contributed by atoms with Crippen molar-refractivity contribution in [3.63, 3.8) is 0 Å². The van der Waals surface area contributed by atoms with E-state index in [4.69, 9.17) is 18.9 Å². The van der Waals surface area contributed by atoms with Crippen LogP contribution in [-0.2, 0) is 18.9 Å². The molecule has 0 bridgehead atoms. The highest BCUT2D eigenvalue weighted by molar-refractivity contribution is 4.53. The van der Waals surface area contributed by atoms with E-state index in [0.29, 0.717) is 13.2 Å². The van der Waals surface area contributed by atoms with Gasteiger partial charge in [0.15, 0.2) is 0 Å². The third-order valence-corrected chi connectivity index (χ3v) is 1.36. The molecule has 0 aliphatic heterocycles. The van der Waals surface area contributed by atoms with Gasteiger partial charge in [-0.15, -0.1) is 0 Å². The van der Waals surface area contributed by atoms with E-state index in [1.807, 2.05) is 13.8 Å². The smallest absolute Gasteiger partial charge is 0.307 e. The maximum Gasteiger partial charge on any atom is 0.307 e. The molecule has 4 heteroatoms. The molecule has 0 heterocycles. The Labute approximate surface area is 73.7 Å². The highest BCUT2D eigenvalue weighted by Gasteiger charge is 2.31. The highest BCUT2D eigenvalue weighted by atomic mass is 16.9. The molecule has 74 valence electrons. The lowest BCUT2D eigenvalue weighted by molar-refractivity contribution is -0.382. The van der Waals surface area contributed by atoms with E-state index in [1.54, 1.807) is 7.11 Å². The van der Waals surface area contributed by atoms with Gasteiger partial charge in [-0.25, -0.2) is 0 Å². The average Bonchev–Trinajstić information content (AvgIpc) is 2.06. The molecule has 0 spiro atoms. The van der Waals surface area contributed by atoms with Gasteiger partial charge in [0.1, 0.15) is 6.61 Å². The van der Waals surface area contributed by atoms with Crippen LogP contribution in [0.3, 0.4) is 0 Å². The molecule has 0 amide bonds. The Kier molecular flexibility index (Phi) is 6.28. The fourth-order valence-corrected chi connectivity index (χ4v) is 0.918. The Bertz CT molecular complexity index is 88.2. The van der Waals surface area contributed by atoms with Crippen LogP contribution >= 0.6 is 0 Å². The van der Waals surface area contributed by atoms with Gasteiger partial charge in [-0.3, -0.25) is 0 Å². The van der Waals surface area contributed by atoms with Crippen molar-refractivity contribution in [3.8, 4) is 0 Å². The van der Waals surface area contributed by atoms with Crippen molar-refractivity contribution in [2.24, 2.45) is 0 Å². The molecule has 0 atom stereocenters. The summed E-state index contributed by atoms with van der Waals surface area (Å²) in [6.45, 7) is 5.07. The first kappa shape index (κ1) is 11.8. The molecular formula is C8H18O4. The van der Waals surface area contributed by atoms with Crippen molar-refractivity contribution >= 4 is 0 Å². The molecule has 12 heavy (non-hydrogen) atoms.